The van der Waals surface area contributed by atoms with Gasteiger partial charge < -0.3 is 19.6 Å². The first-order valence-electron chi connectivity index (χ1n) is 12.7. The molecular weight excluding hydrogens is 527 g/mol. The Labute approximate surface area is 231 Å². The van der Waals surface area contributed by atoms with Crippen molar-refractivity contribution in [3.63, 3.8) is 0 Å². The number of aliphatic imine (C=N–C) groups is 1. The van der Waals surface area contributed by atoms with Crippen LogP contribution in [0.15, 0.2) is 29.1 Å². The molecule has 39 heavy (non-hydrogen) atoms. The summed E-state index contributed by atoms with van der Waals surface area (Å²) in [5.74, 6) is 1.42. The molecule has 10 nitrogen and oxygen atoms in total. The Hall–Kier alpha value is -3.53. The van der Waals surface area contributed by atoms with Crippen LogP contribution in [0.25, 0.3) is 0 Å². The maximum atomic E-state index is 14.8. The topological polar surface area (TPSA) is 111 Å². The second kappa shape index (κ2) is 10.9. The Balaban J connectivity index is 1.82. The third kappa shape index (κ3) is 5.61. The molecule has 1 amide bonds. The molecule has 0 bridgehead atoms. The Morgan fingerprint density at radius 1 is 1.33 bits per heavy atom. The average molecular weight is 559 g/mol. The van der Waals surface area contributed by atoms with Gasteiger partial charge in [-0.3, -0.25) is 9.88 Å². The maximum absolute atomic E-state index is 14.8. The lowest BCUT2D eigenvalue weighted by atomic mass is 10.0. The molecule has 2 aliphatic rings. The Morgan fingerprint density at radius 3 is 2.67 bits per heavy atom. The van der Waals surface area contributed by atoms with Crippen LogP contribution in [0, 0.1) is 12.7 Å². The Morgan fingerprint density at radius 2 is 2.05 bits per heavy atom. The molecule has 0 radical (unpaired) electrons. The molecule has 0 aliphatic carbocycles. The summed E-state index contributed by atoms with van der Waals surface area (Å²) in [7, 11) is 0. The largest absolute Gasteiger partial charge is 0.444 e. The number of hydrogen-bond acceptors (Lipinski definition) is 9. The SMILES string of the molecule is Cc1ccnc(C(C)C)c1N1C(=C=O)N=C(N2CCN(C(=O)OC(C)(C)C)CC2CO)c2cc(F)c(Cl)nc21. The van der Waals surface area contributed by atoms with E-state index in [-0.39, 0.29) is 60.4 Å². The van der Waals surface area contributed by atoms with Crippen LogP contribution in [0.3, 0.4) is 0 Å². The molecule has 0 saturated carbocycles. The van der Waals surface area contributed by atoms with Gasteiger partial charge in [0.15, 0.2) is 22.7 Å². The number of rotatable bonds is 3. The van der Waals surface area contributed by atoms with Crippen LogP contribution in [-0.4, -0.2) is 80.6 Å². The van der Waals surface area contributed by atoms with Gasteiger partial charge in [0.1, 0.15) is 11.4 Å². The van der Waals surface area contributed by atoms with E-state index >= 15 is 0 Å². The molecule has 1 saturated heterocycles. The van der Waals surface area contributed by atoms with Gasteiger partial charge in [0.2, 0.25) is 5.82 Å². The number of aliphatic hydroxyl groups excluding tert-OH is 1. The number of amidine groups is 1. The summed E-state index contributed by atoms with van der Waals surface area (Å²) in [6.07, 6.45) is 1.18. The van der Waals surface area contributed by atoms with Crippen molar-refractivity contribution in [1.82, 2.24) is 19.8 Å². The number of amides is 1. The first-order chi connectivity index (χ1) is 18.4. The molecule has 4 rings (SSSR count). The third-order valence-electron chi connectivity index (χ3n) is 6.42. The standard InChI is InChI=1S/C27H32ClFN6O4/c1-15(2)21-22(16(3)7-8-30-21)35-20(14-37)31-24(18-11-19(29)23(28)32-25(18)35)34-10-9-33(12-17(34)13-36)26(38)39-27(4,5)6/h7-8,11,15,17,36H,9-10,12-13H2,1-6H3. The fourth-order valence-corrected chi connectivity index (χ4v) is 4.80. The molecular formula is C27H32ClFN6O4. The van der Waals surface area contributed by atoms with Crippen LogP contribution in [0.5, 0.6) is 0 Å². The second-order valence-corrected chi connectivity index (χ2v) is 11.2. The van der Waals surface area contributed by atoms with Gasteiger partial charge in [0.25, 0.3) is 0 Å². The zero-order valence-corrected chi connectivity index (χ0v) is 23.6. The monoisotopic (exact) mass is 558 g/mol. The zero-order valence-electron chi connectivity index (χ0n) is 22.8. The normalized spacial score (nSPS) is 17.7. The maximum Gasteiger partial charge on any atom is 0.410 e. The van der Waals surface area contributed by atoms with E-state index in [9.17, 15) is 19.1 Å². The third-order valence-corrected chi connectivity index (χ3v) is 6.69. The molecule has 0 aromatic carbocycles. The number of aromatic nitrogens is 2. The molecule has 1 N–H and O–H groups in total. The van der Waals surface area contributed by atoms with E-state index in [1.54, 1.807) is 37.9 Å². The number of aliphatic hydroxyl groups is 1. The van der Waals surface area contributed by atoms with Gasteiger partial charge >= 0.3 is 6.09 Å². The molecule has 208 valence electrons. The smallest absolute Gasteiger partial charge is 0.410 e. The minimum Gasteiger partial charge on any atom is -0.444 e. The van der Waals surface area contributed by atoms with E-state index in [0.717, 1.165) is 5.56 Å². The van der Waals surface area contributed by atoms with Crippen LogP contribution in [0.2, 0.25) is 5.15 Å². The predicted molar refractivity (Wildman–Crippen MR) is 146 cm³/mol. The molecule has 4 heterocycles. The van der Waals surface area contributed by atoms with Crippen molar-refractivity contribution in [2.45, 2.75) is 59.1 Å². The number of piperazine rings is 1. The summed E-state index contributed by atoms with van der Waals surface area (Å²) in [6.45, 7) is 11.4. The highest BCUT2D eigenvalue weighted by Crippen LogP contribution is 2.41. The highest BCUT2D eigenvalue weighted by atomic mass is 35.5. The number of nitrogens with zero attached hydrogens (tertiary/aromatic N) is 6. The number of aryl methyl sites for hydroxylation is 1. The molecule has 1 atom stereocenters. The summed E-state index contributed by atoms with van der Waals surface area (Å²) >= 11 is 6.14. The molecule has 2 aromatic rings. The fourth-order valence-electron chi connectivity index (χ4n) is 4.67. The van der Waals surface area contributed by atoms with Crippen LogP contribution < -0.4 is 4.90 Å². The van der Waals surface area contributed by atoms with E-state index in [1.807, 2.05) is 26.7 Å². The fraction of sp³-hybridized carbons (Fsp3) is 0.481. The summed E-state index contributed by atoms with van der Waals surface area (Å²) in [4.78, 5) is 43.2. The lowest BCUT2D eigenvalue weighted by molar-refractivity contribution is 0.00735. The number of fused-ring (bicyclic) bond motifs is 1. The van der Waals surface area contributed by atoms with Gasteiger partial charge in [-0.15, -0.1) is 0 Å². The second-order valence-electron chi connectivity index (χ2n) is 10.8. The van der Waals surface area contributed by atoms with Gasteiger partial charge in [0.05, 0.1) is 29.6 Å². The van der Waals surface area contributed by atoms with Gasteiger partial charge in [-0.25, -0.2) is 24.0 Å². The van der Waals surface area contributed by atoms with Crippen LogP contribution in [0.1, 0.15) is 57.4 Å². The van der Waals surface area contributed by atoms with E-state index in [1.165, 1.54) is 15.9 Å². The van der Waals surface area contributed by atoms with Gasteiger partial charge in [-0.05, 0) is 51.3 Å². The highest BCUT2D eigenvalue weighted by Gasteiger charge is 2.39. The quantitative estimate of drug-likeness (QED) is 0.441. The summed E-state index contributed by atoms with van der Waals surface area (Å²) in [5.41, 5.74) is 1.67. The van der Waals surface area contributed by atoms with Crippen molar-refractivity contribution >= 4 is 41.0 Å². The molecule has 12 heteroatoms. The summed E-state index contributed by atoms with van der Waals surface area (Å²) < 4.78 is 20.3. The van der Waals surface area contributed by atoms with Gasteiger partial charge in [0, 0.05) is 25.8 Å². The molecule has 1 unspecified atom stereocenters. The van der Waals surface area contributed by atoms with Gasteiger partial charge in [-0.1, -0.05) is 25.4 Å². The van der Waals surface area contributed by atoms with Crippen LogP contribution in [-0.2, 0) is 9.53 Å². The lowest BCUT2D eigenvalue weighted by Gasteiger charge is -2.44. The number of anilines is 2. The van der Waals surface area contributed by atoms with Crippen molar-refractivity contribution in [2.75, 3.05) is 31.1 Å². The van der Waals surface area contributed by atoms with E-state index in [2.05, 4.69) is 15.0 Å². The van der Waals surface area contributed by atoms with Crippen molar-refractivity contribution in [3.05, 3.63) is 51.9 Å². The number of pyridine rings is 2. The zero-order chi connectivity index (χ0) is 28.6. The highest BCUT2D eigenvalue weighted by molar-refractivity contribution is 6.30. The minimum atomic E-state index is -0.762. The van der Waals surface area contributed by atoms with Crippen molar-refractivity contribution in [3.8, 4) is 0 Å². The number of carbonyl (C=O) groups excluding carboxylic acids is 2. The van der Waals surface area contributed by atoms with Gasteiger partial charge in [-0.2, -0.15) is 0 Å². The van der Waals surface area contributed by atoms with Crippen LogP contribution in [0.4, 0.5) is 20.7 Å². The predicted octanol–water partition coefficient (Wildman–Crippen LogP) is 4.19. The van der Waals surface area contributed by atoms with E-state index in [0.29, 0.717) is 11.4 Å². The average Bonchev–Trinajstić information content (AvgIpc) is 2.87. The molecule has 1 fully saturated rings. The molecule has 2 aromatic heterocycles. The summed E-state index contributed by atoms with van der Waals surface area (Å²) in [5, 5.41) is 9.90. The van der Waals surface area contributed by atoms with Crippen molar-refractivity contribution < 1.29 is 23.8 Å². The lowest BCUT2D eigenvalue weighted by Crippen LogP contribution is -2.59. The van der Waals surface area contributed by atoms with Crippen molar-refractivity contribution in [1.29, 1.82) is 0 Å². The number of carbonyl (C=O) groups is 1. The van der Waals surface area contributed by atoms with E-state index in [4.69, 9.17) is 16.3 Å². The number of ether oxygens (including phenoxy) is 1. The number of halogens is 2. The first-order valence-corrected chi connectivity index (χ1v) is 13.0. The van der Waals surface area contributed by atoms with E-state index < -0.39 is 23.6 Å². The Kier molecular flexibility index (Phi) is 7.97. The number of hydrogen-bond donors (Lipinski definition) is 1. The van der Waals surface area contributed by atoms with Crippen molar-refractivity contribution in [2.24, 2.45) is 4.99 Å². The van der Waals surface area contributed by atoms with Crippen LogP contribution >= 0.6 is 11.6 Å². The summed E-state index contributed by atoms with van der Waals surface area (Å²) in [6, 6.07) is 2.40. The molecule has 0 spiro atoms. The minimum absolute atomic E-state index is 0.0164. The first kappa shape index (κ1) is 28.5. The molecule has 2 aliphatic heterocycles. The Bertz CT molecular complexity index is 1370.